The molecule has 4 heteroatoms. The van der Waals surface area contributed by atoms with Crippen molar-refractivity contribution in [2.24, 2.45) is 0 Å². The lowest BCUT2D eigenvalue weighted by Gasteiger charge is -2.13. The third-order valence-corrected chi connectivity index (χ3v) is 2.03. The Hall–Kier alpha value is -0.570. The van der Waals surface area contributed by atoms with Crippen molar-refractivity contribution in [1.29, 1.82) is 0 Å². The van der Waals surface area contributed by atoms with E-state index in [1.54, 1.807) is 0 Å². The average molecular weight is 177 g/mol. The lowest BCUT2D eigenvalue weighted by atomic mass is 9.96. The van der Waals surface area contributed by atoms with Gasteiger partial charge < -0.3 is 4.74 Å². The molecule has 1 saturated heterocycles. The van der Waals surface area contributed by atoms with E-state index < -0.39 is 16.4 Å². The number of carbonyl (C=O) groups is 2. The van der Waals surface area contributed by atoms with E-state index >= 15 is 0 Å². The van der Waals surface area contributed by atoms with Crippen LogP contribution in [-0.2, 0) is 14.3 Å². The topological polar surface area (TPSA) is 43.4 Å². The van der Waals surface area contributed by atoms with Gasteiger partial charge in [-0.05, 0) is 20.8 Å². The molecular formula is C7H9ClO3. The van der Waals surface area contributed by atoms with Gasteiger partial charge in [-0.2, -0.15) is 0 Å². The number of ether oxygens (including phenoxy) is 1. The van der Waals surface area contributed by atoms with Gasteiger partial charge in [0.15, 0.2) is 5.60 Å². The fraction of sp³-hybridized carbons (Fsp3) is 0.714. The Kier molecular flexibility index (Phi) is 1.53. The van der Waals surface area contributed by atoms with Crippen LogP contribution in [0.25, 0.3) is 0 Å². The summed E-state index contributed by atoms with van der Waals surface area (Å²) in [7, 11) is 0. The molecule has 1 fully saturated rings. The van der Waals surface area contributed by atoms with Crippen LogP contribution in [0, 0.1) is 0 Å². The van der Waals surface area contributed by atoms with Gasteiger partial charge in [0.25, 0.3) is 0 Å². The molecule has 0 amide bonds. The zero-order chi connectivity index (χ0) is 8.86. The van der Waals surface area contributed by atoms with Crippen LogP contribution in [-0.4, -0.2) is 22.2 Å². The van der Waals surface area contributed by atoms with Crippen molar-refractivity contribution in [1.82, 2.24) is 0 Å². The highest BCUT2D eigenvalue weighted by atomic mass is 35.5. The molecule has 1 rings (SSSR count). The number of rotatable bonds is 0. The number of alkyl halides is 1. The molecule has 1 heterocycles. The van der Waals surface area contributed by atoms with Crippen LogP contribution in [0.5, 0.6) is 0 Å². The Labute approximate surface area is 69.7 Å². The van der Waals surface area contributed by atoms with Gasteiger partial charge >= 0.3 is 5.97 Å². The minimum absolute atomic E-state index is 0.378. The molecule has 1 aliphatic rings. The molecule has 0 saturated carbocycles. The SMILES string of the molecule is CC1(C)OC(=O)C(C)(Cl)C1=O. The van der Waals surface area contributed by atoms with Gasteiger partial charge in [-0.3, -0.25) is 4.79 Å². The Bertz CT molecular complexity index is 230. The zero-order valence-corrected chi connectivity index (χ0v) is 7.36. The van der Waals surface area contributed by atoms with E-state index in [2.05, 4.69) is 0 Å². The smallest absolute Gasteiger partial charge is 0.335 e. The summed E-state index contributed by atoms with van der Waals surface area (Å²) >= 11 is 5.63. The van der Waals surface area contributed by atoms with Gasteiger partial charge in [-0.15, -0.1) is 0 Å². The summed E-state index contributed by atoms with van der Waals surface area (Å²) in [6.07, 6.45) is 0. The second kappa shape index (κ2) is 1.97. The largest absolute Gasteiger partial charge is 0.450 e. The van der Waals surface area contributed by atoms with Crippen molar-refractivity contribution in [3.8, 4) is 0 Å². The van der Waals surface area contributed by atoms with Gasteiger partial charge in [0.05, 0.1) is 0 Å². The number of ketones is 1. The fourth-order valence-electron chi connectivity index (χ4n) is 1.03. The van der Waals surface area contributed by atoms with Crippen LogP contribution < -0.4 is 0 Å². The first kappa shape index (κ1) is 8.53. The highest BCUT2D eigenvalue weighted by molar-refractivity contribution is 6.48. The van der Waals surface area contributed by atoms with E-state index in [0.29, 0.717) is 0 Å². The first-order chi connectivity index (χ1) is 4.78. The number of cyclic esters (lactones) is 1. The van der Waals surface area contributed by atoms with Gasteiger partial charge in [-0.25, -0.2) is 4.79 Å². The molecule has 1 aliphatic heterocycles. The van der Waals surface area contributed by atoms with Crippen LogP contribution in [0.2, 0.25) is 0 Å². The van der Waals surface area contributed by atoms with Crippen LogP contribution in [0.3, 0.4) is 0 Å². The van der Waals surface area contributed by atoms with Gasteiger partial charge in [0, 0.05) is 0 Å². The Morgan fingerprint density at radius 2 is 1.73 bits per heavy atom. The number of hydrogen-bond acceptors (Lipinski definition) is 3. The summed E-state index contributed by atoms with van der Waals surface area (Å²) in [5.41, 5.74) is -1.06. The normalized spacial score (nSPS) is 35.6. The average Bonchev–Trinajstić information content (AvgIpc) is 1.94. The maximum atomic E-state index is 11.3. The number of Topliss-reactive ketones (excluding diaryl/α,β-unsaturated/α-hetero) is 1. The minimum Gasteiger partial charge on any atom is -0.450 e. The molecule has 1 unspecified atom stereocenters. The van der Waals surface area contributed by atoms with Crippen LogP contribution in [0.1, 0.15) is 20.8 Å². The predicted molar refractivity (Wildman–Crippen MR) is 39.4 cm³/mol. The first-order valence-electron chi connectivity index (χ1n) is 3.26. The lowest BCUT2D eigenvalue weighted by molar-refractivity contribution is -0.149. The minimum atomic E-state index is -1.48. The van der Waals surface area contributed by atoms with Crippen molar-refractivity contribution in [3.05, 3.63) is 0 Å². The second-order valence-corrected chi connectivity index (χ2v) is 3.99. The summed E-state index contributed by atoms with van der Waals surface area (Å²) < 4.78 is 4.76. The Morgan fingerprint density at radius 1 is 1.27 bits per heavy atom. The third kappa shape index (κ3) is 1.03. The van der Waals surface area contributed by atoms with E-state index in [-0.39, 0.29) is 5.78 Å². The number of carbonyl (C=O) groups excluding carboxylic acids is 2. The van der Waals surface area contributed by atoms with E-state index in [1.807, 2.05) is 0 Å². The maximum Gasteiger partial charge on any atom is 0.335 e. The third-order valence-electron chi connectivity index (χ3n) is 1.70. The summed E-state index contributed by atoms with van der Waals surface area (Å²) in [6, 6.07) is 0. The summed E-state index contributed by atoms with van der Waals surface area (Å²) in [5, 5.41) is 0. The van der Waals surface area contributed by atoms with E-state index in [1.165, 1.54) is 20.8 Å². The van der Waals surface area contributed by atoms with Crippen LogP contribution in [0.15, 0.2) is 0 Å². The molecule has 0 aliphatic carbocycles. The number of esters is 1. The van der Waals surface area contributed by atoms with Crippen molar-refractivity contribution in [2.75, 3.05) is 0 Å². The zero-order valence-electron chi connectivity index (χ0n) is 6.60. The monoisotopic (exact) mass is 176 g/mol. The predicted octanol–water partition coefficient (Wildman–Crippen LogP) is 0.888. The van der Waals surface area contributed by atoms with Gasteiger partial charge in [-0.1, -0.05) is 11.6 Å². The van der Waals surface area contributed by atoms with Crippen LogP contribution >= 0.6 is 11.6 Å². The van der Waals surface area contributed by atoms with Gasteiger partial charge in [0.1, 0.15) is 0 Å². The second-order valence-electron chi connectivity index (χ2n) is 3.23. The highest BCUT2D eigenvalue weighted by Crippen LogP contribution is 2.34. The molecule has 0 aromatic heterocycles. The molecule has 0 bridgehead atoms. The fourth-order valence-corrected chi connectivity index (χ4v) is 1.30. The molecule has 62 valence electrons. The number of halogens is 1. The summed E-state index contributed by atoms with van der Waals surface area (Å²) in [6.45, 7) is 4.41. The van der Waals surface area contributed by atoms with E-state index in [9.17, 15) is 9.59 Å². The standard InChI is InChI=1S/C7H9ClO3/c1-6(2)4(9)7(3,8)5(10)11-6/h1-3H3. The van der Waals surface area contributed by atoms with Crippen molar-refractivity contribution in [3.63, 3.8) is 0 Å². The molecule has 0 aromatic rings. The molecule has 0 N–H and O–H groups in total. The number of hydrogen-bond donors (Lipinski definition) is 0. The quantitative estimate of drug-likeness (QED) is 0.313. The summed E-state index contributed by atoms with van der Waals surface area (Å²) in [5.74, 6) is -1.04. The molecule has 3 nitrogen and oxygen atoms in total. The Balaban J connectivity index is 3.09. The first-order valence-corrected chi connectivity index (χ1v) is 3.63. The van der Waals surface area contributed by atoms with Crippen LogP contribution in [0.4, 0.5) is 0 Å². The lowest BCUT2D eigenvalue weighted by Crippen LogP contribution is -2.37. The molecule has 11 heavy (non-hydrogen) atoms. The molecule has 0 spiro atoms. The van der Waals surface area contributed by atoms with Crippen molar-refractivity contribution >= 4 is 23.4 Å². The van der Waals surface area contributed by atoms with E-state index in [0.717, 1.165) is 0 Å². The Morgan fingerprint density at radius 3 is 1.82 bits per heavy atom. The van der Waals surface area contributed by atoms with Gasteiger partial charge in [0.2, 0.25) is 10.7 Å². The molecule has 1 atom stereocenters. The van der Waals surface area contributed by atoms with E-state index in [4.69, 9.17) is 16.3 Å². The molecule has 0 aromatic carbocycles. The molecular weight excluding hydrogens is 168 g/mol. The highest BCUT2D eigenvalue weighted by Gasteiger charge is 2.57. The van der Waals surface area contributed by atoms with Crippen molar-refractivity contribution in [2.45, 2.75) is 31.2 Å². The van der Waals surface area contributed by atoms with Crippen molar-refractivity contribution < 1.29 is 14.3 Å². The maximum absolute atomic E-state index is 11.3. The summed E-state index contributed by atoms with van der Waals surface area (Å²) in [4.78, 5) is 20.7. The molecule has 0 radical (unpaired) electrons.